The molecule has 0 aliphatic carbocycles. The monoisotopic (exact) mass is 291 g/mol. The van der Waals surface area contributed by atoms with Gasteiger partial charge in [-0.1, -0.05) is 30.3 Å². The van der Waals surface area contributed by atoms with E-state index in [-0.39, 0.29) is 11.9 Å². The molecule has 0 fully saturated rings. The Hall–Kier alpha value is -1.81. The lowest BCUT2D eigenvalue weighted by molar-refractivity contribution is -0.121. The van der Waals surface area contributed by atoms with Crippen molar-refractivity contribution < 1.29 is 4.79 Å². The van der Waals surface area contributed by atoms with Crippen LogP contribution in [-0.4, -0.2) is 15.7 Å². The van der Waals surface area contributed by atoms with Gasteiger partial charge in [-0.25, -0.2) is 0 Å². The smallest absolute Gasteiger partial charge is 0.243 e. The Kier molecular flexibility index (Phi) is 4.45. The van der Waals surface area contributed by atoms with Crippen molar-refractivity contribution in [2.24, 2.45) is 7.05 Å². The van der Waals surface area contributed by atoms with Gasteiger partial charge in [0.2, 0.25) is 5.91 Å². The lowest BCUT2D eigenvalue weighted by atomic mass is 10.1. The quantitative estimate of drug-likeness (QED) is 0.881. The lowest BCUT2D eigenvalue weighted by Gasteiger charge is -2.16. The van der Waals surface area contributed by atoms with E-state index >= 15 is 0 Å². The molecule has 2 unspecified atom stereocenters. The van der Waals surface area contributed by atoms with Gasteiger partial charge in [-0.2, -0.15) is 5.10 Å². The van der Waals surface area contributed by atoms with Crippen LogP contribution in [0.5, 0.6) is 0 Å². The van der Waals surface area contributed by atoms with Crippen molar-refractivity contribution >= 4 is 17.5 Å². The Balaban J connectivity index is 2.06. The summed E-state index contributed by atoms with van der Waals surface area (Å²) < 4.78 is 1.79. The molecule has 2 rings (SSSR count). The molecule has 1 amide bonds. The standard InChI is InChI=1S/C15H18ClN3O/c1-10(13-9-17-19(3)11(13)2)18-15(20)14(16)12-7-5-4-6-8-12/h4-10,14H,1-3H3,(H,18,20). The molecule has 20 heavy (non-hydrogen) atoms. The predicted molar refractivity (Wildman–Crippen MR) is 79.5 cm³/mol. The second-order valence-electron chi connectivity index (χ2n) is 4.81. The maximum atomic E-state index is 12.2. The van der Waals surface area contributed by atoms with Crippen LogP contribution in [0.3, 0.4) is 0 Å². The minimum atomic E-state index is -0.685. The molecule has 0 saturated heterocycles. The number of benzene rings is 1. The number of aryl methyl sites for hydroxylation is 1. The number of amides is 1. The molecule has 0 radical (unpaired) electrons. The summed E-state index contributed by atoms with van der Waals surface area (Å²) in [5.74, 6) is -0.200. The van der Waals surface area contributed by atoms with Crippen LogP contribution in [-0.2, 0) is 11.8 Å². The van der Waals surface area contributed by atoms with E-state index in [0.29, 0.717) is 0 Å². The van der Waals surface area contributed by atoms with Gasteiger partial charge >= 0.3 is 0 Å². The molecule has 0 saturated carbocycles. The second kappa shape index (κ2) is 6.09. The third kappa shape index (κ3) is 3.02. The van der Waals surface area contributed by atoms with E-state index in [1.807, 2.05) is 51.2 Å². The number of halogens is 1. The van der Waals surface area contributed by atoms with E-state index in [0.717, 1.165) is 16.8 Å². The first kappa shape index (κ1) is 14.6. The first-order chi connectivity index (χ1) is 9.50. The van der Waals surface area contributed by atoms with Crippen LogP contribution in [0, 0.1) is 6.92 Å². The van der Waals surface area contributed by atoms with E-state index in [2.05, 4.69) is 10.4 Å². The van der Waals surface area contributed by atoms with Crippen molar-refractivity contribution in [1.82, 2.24) is 15.1 Å². The largest absolute Gasteiger partial charge is 0.348 e. The van der Waals surface area contributed by atoms with Crippen LogP contribution in [0.4, 0.5) is 0 Å². The molecule has 0 aliphatic heterocycles. The highest BCUT2D eigenvalue weighted by Crippen LogP contribution is 2.22. The number of nitrogens with zero attached hydrogens (tertiary/aromatic N) is 2. The summed E-state index contributed by atoms with van der Waals surface area (Å²) in [6.45, 7) is 3.90. The average Bonchev–Trinajstić information content (AvgIpc) is 2.79. The van der Waals surface area contributed by atoms with E-state index in [1.54, 1.807) is 10.9 Å². The van der Waals surface area contributed by atoms with Crippen molar-refractivity contribution in [3.05, 3.63) is 53.3 Å². The summed E-state index contributed by atoms with van der Waals surface area (Å²) in [5, 5.41) is 6.42. The number of rotatable bonds is 4. The predicted octanol–water partition coefficient (Wildman–Crippen LogP) is 2.89. The summed E-state index contributed by atoms with van der Waals surface area (Å²) in [4.78, 5) is 12.2. The maximum Gasteiger partial charge on any atom is 0.243 e. The molecule has 1 heterocycles. The molecule has 4 nitrogen and oxygen atoms in total. The van der Waals surface area contributed by atoms with Crippen LogP contribution in [0.15, 0.2) is 36.5 Å². The Morgan fingerprint density at radius 1 is 1.35 bits per heavy atom. The zero-order valence-electron chi connectivity index (χ0n) is 11.8. The van der Waals surface area contributed by atoms with Gasteiger partial charge < -0.3 is 5.32 Å². The van der Waals surface area contributed by atoms with Crippen molar-refractivity contribution in [2.75, 3.05) is 0 Å². The highest BCUT2D eigenvalue weighted by Gasteiger charge is 2.21. The lowest BCUT2D eigenvalue weighted by Crippen LogP contribution is -2.29. The van der Waals surface area contributed by atoms with E-state index < -0.39 is 5.38 Å². The Morgan fingerprint density at radius 3 is 2.55 bits per heavy atom. The van der Waals surface area contributed by atoms with Crippen LogP contribution in [0.2, 0.25) is 0 Å². The molecule has 106 valence electrons. The first-order valence-corrected chi connectivity index (χ1v) is 6.92. The molecule has 1 N–H and O–H groups in total. The van der Waals surface area contributed by atoms with Gasteiger partial charge in [0.15, 0.2) is 0 Å². The van der Waals surface area contributed by atoms with E-state index in [1.165, 1.54) is 0 Å². The Morgan fingerprint density at radius 2 is 2.00 bits per heavy atom. The summed E-state index contributed by atoms with van der Waals surface area (Å²) in [6.07, 6.45) is 1.77. The molecule has 0 spiro atoms. The van der Waals surface area contributed by atoms with Gasteiger partial charge in [0.25, 0.3) is 0 Å². The fourth-order valence-corrected chi connectivity index (χ4v) is 2.29. The van der Waals surface area contributed by atoms with Gasteiger partial charge in [-0.05, 0) is 19.4 Å². The van der Waals surface area contributed by atoms with Crippen LogP contribution < -0.4 is 5.32 Å². The fourth-order valence-electron chi connectivity index (χ4n) is 2.08. The summed E-state index contributed by atoms with van der Waals surface area (Å²) in [6, 6.07) is 9.20. The normalized spacial score (nSPS) is 13.8. The molecular weight excluding hydrogens is 274 g/mol. The number of nitrogens with one attached hydrogen (secondary N) is 1. The number of carbonyl (C=O) groups is 1. The van der Waals surface area contributed by atoms with Crippen molar-refractivity contribution in [2.45, 2.75) is 25.3 Å². The van der Waals surface area contributed by atoms with E-state index in [4.69, 9.17) is 11.6 Å². The average molecular weight is 292 g/mol. The van der Waals surface area contributed by atoms with Crippen LogP contribution in [0.1, 0.15) is 35.2 Å². The summed E-state index contributed by atoms with van der Waals surface area (Å²) >= 11 is 6.20. The zero-order chi connectivity index (χ0) is 14.7. The van der Waals surface area contributed by atoms with Crippen LogP contribution >= 0.6 is 11.6 Å². The van der Waals surface area contributed by atoms with Gasteiger partial charge in [0.1, 0.15) is 5.38 Å². The zero-order valence-corrected chi connectivity index (χ0v) is 12.6. The van der Waals surface area contributed by atoms with E-state index in [9.17, 15) is 4.79 Å². The minimum absolute atomic E-state index is 0.124. The third-order valence-electron chi connectivity index (χ3n) is 3.42. The molecule has 5 heteroatoms. The van der Waals surface area contributed by atoms with Crippen LogP contribution in [0.25, 0.3) is 0 Å². The van der Waals surface area contributed by atoms with Gasteiger partial charge in [0.05, 0.1) is 12.2 Å². The Bertz CT molecular complexity index is 594. The summed E-state index contributed by atoms with van der Waals surface area (Å²) in [7, 11) is 1.88. The highest BCUT2D eigenvalue weighted by atomic mass is 35.5. The van der Waals surface area contributed by atoms with Gasteiger partial charge in [-0.15, -0.1) is 11.6 Å². The van der Waals surface area contributed by atoms with Crippen molar-refractivity contribution in [1.29, 1.82) is 0 Å². The fraction of sp³-hybridized carbons (Fsp3) is 0.333. The molecular formula is C15H18ClN3O. The molecule has 0 aliphatic rings. The number of hydrogen-bond acceptors (Lipinski definition) is 2. The highest BCUT2D eigenvalue weighted by molar-refractivity contribution is 6.30. The summed E-state index contributed by atoms with van der Waals surface area (Å²) in [5.41, 5.74) is 2.82. The van der Waals surface area contributed by atoms with Gasteiger partial charge in [0, 0.05) is 18.3 Å². The second-order valence-corrected chi connectivity index (χ2v) is 5.25. The molecule has 1 aromatic carbocycles. The third-order valence-corrected chi connectivity index (χ3v) is 3.87. The SMILES string of the molecule is Cc1c(C(C)NC(=O)C(Cl)c2ccccc2)cnn1C. The number of hydrogen-bond donors (Lipinski definition) is 1. The number of alkyl halides is 1. The topological polar surface area (TPSA) is 46.9 Å². The molecule has 0 bridgehead atoms. The Labute approximate surface area is 123 Å². The first-order valence-electron chi connectivity index (χ1n) is 6.48. The van der Waals surface area contributed by atoms with Crippen molar-refractivity contribution in [3.63, 3.8) is 0 Å². The molecule has 2 aromatic rings. The van der Waals surface area contributed by atoms with Crippen molar-refractivity contribution in [3.8, 4) is 0 Å². The molecule has 2 atom stereocenters. The number of carbonyl (C=O) groups excluding carboxylic acids is 1. The minimum Gasteiger partial charge on any atom is -0.348 e. The molecule has 1 aromatic heterocycles. The number of aromatic nitrogens is 2. The maximum absolute atomic E-state index is 12.2. The van der Waals surface area contributed by atoms with Gasteiger partial charge in [-0.3, -0.25) is 9.48 Å².